The minimum Gasteiger partial charge on any atom is -0.496 e. The number of benzene rings is 4. The highest BCUT2D eigenvalue weighted by molar-refractivity contribution is 8.19. The molecule has 1 aliphatic heterocycles. The molecule has 220 valence electrons. The maximum Gasteiger partial charge on any atom is 0.144 e. The molecule has 0 aromatic heterocycles. The summed E-state index contributed by atoms with van der Waals surface area (Å²) in [5.41, 5.74) is 7.02. The third-order valence-electron chi connectivity index (χ3n) is 7.15. The second kappa shape index (κ2) is 11.7. The van der Waals surface area contributed by atoms with Crippen LogP contribution in [0.15, 0.2) is 84.9 Å². The van der Waals surface area contributed by atoms with Crippen molar-refractivity contribution in [2.45, 2.75) is 45.6 Å². The molecule has 4 aromatic carbocycles. The third-order valence-corrected chi connectivity index (χ3v) is 8.32. The van der Waals surface area contributed by atoms with E-state index in [4.69, 9.17) is 13.7 Å². The number of methoxy groups -OCH3 is 1. The van der Waals surface area contributed by atoms with E-state index in [2.05, 4.69) is 32.2 Å². The summed E-state index contributed by atoms with van der Waals surface area (Å²) in [6.45, 7) is 8.38. The van der Waals surface area contributed by atoms with Crippen molar-refractivity contribution in [2.24, 2.45) is 0 Å². The Morgan fingerprint density at radius 3 is 2.36 bits per heavy atom. The van der Waals surface area contributed by atoms with E-state index in [0.29, 0.717) is 11.5 Å². The van der Waals surface area contributed by atoms with Crippen molar-refractivity contribution >= 4 is 22.1 Å². The molecule has 0 fully saturated rings. The predicted octanol–water partition coefficient (Wildman–Crippen LogP) is 9.24. The van der Waals surface area contributed by atoms with E-state index in [1.807, 2.05) is 55.5 Å². The van der Waals surface area contributed by atoms with Crippen molar-refractivity contribution < 1.29 is 27.2 Å². The van der Waals surface area contributed by atoms with E-state index in [9.17, 15) is 13.5 Å². The molecule has 0 saturated carbocycles. The monoisotopic (exact) mass is 589 g/mol. The van der Waals surface area contributed by atoms with Crippen LogP contribution in [0.2, 0.25) is 0 Å². The summed E-state index contributed by atoms with van der Waals surface area (Å²) in [5, 5.41) is 3.59. The number of rotatable bonds is 9. The van der Waals surface area contributed by atoms with Gasteiger partial charge in [-0.15, -0.1) is 0 Å². The van der Waals surface area contributed by atoms with Crippen LogP contribution in [0.5, 0.6) is 17.2 Å². The minimum absolute atomic E-state index is 0.0291. The van der Waals surface area contributed by atoms with Gasteiger partial charge in [0.25, 0.3) is 0 Å². The second-order valence-corrected chi connectivity index (χ2v) is 12.7. The Labute approximate surface area is 248 Å². The van der Waals surface area contributed by atoms with Gasteiger partial charge in [0.05, 0.1) is 18.4 Å². The van der Waals surface area contributed by atoms with Crippen LogP contribution in [0.3, 0.4) is 0 Å². The van der Waals surface area contributed by atoms with Crippen LogP contribution >= 0.6 is 10.9 Å². The number of fused-ring (bicyclic) bond motifs is 1. The number of aryl methyl sites for hydroxylation is 1. The van der Waals surface area contributed by atoms with Crippen LogP contribution in [-0.2, 0) is 12.4 Å². The summed E-state index contributed by atoms with van der Waals surface area (Å²) in [4.78, 5) is 0. The summed E-state index contributed by atoms with van der Waals surface area (Å²) in [5.74, 6) is 0.858. The average Bonchev–Trinajstić information content (AvgIpc) is 2.92. The highest BCUT2D eigenvalue weighted by Crippen LogP contribution is 2.47. The van der Waals surface area contributed by atoms with Crippen LogP contribution in [0, 0.1) is 12.7 Å². The minimum atomic E-state index is -3.40. The highest BCUT2D eigenvalue weighted by Gasteiger charge is 2.28. The maximum absolute atomic E-state index is 14.1. The molecule has 3 N–H and O–H groups in total. The molecule has 0 amide bonds. The van der Waals surface area contributed by atoms with E-state index in [1.54, 1.807) is 25.3 Å². The number of allylic oxidation sites excluding steroid dienone is 1. The summed E-state index contributed by atoms with van der Waals surface area (Å²) < 4.78 is 53.0. The molecule has 0 aliphatic carbocycles. The number of hydrogen-bond donors (Lipinski definition) is 3. The first kappa shape index (κ1) is 29.5. The van der Waals surface area contributed by atoms with E-state index in [1.165, 1.54) is 12.1 Å². The molecule has 0 spiro atoms. The second-order valence-electron chi connectivity index (χ2n) is 11.1. The molecule has 4 aromatic rings. The van der Waals surface area contributed by atoms with Crippen molar-refractivity contribution in [2.75, 3.05) is 12.4 Å². The fraction of sp³-hybridized carbons (Fsp3) is 0.235. The number of anilines is 1. The standard InChI is InChI=1S/C34H36FNO5S/c1-22-11-12-25(35)17-31(22)40-20-29-27(15-16-30-33(29)23(2)19-34(3,4)36-30)28-14-13-26(18-32(28)39-5)41-42(37,38)21-24-9-7-6-8-10-24/h6-19,36-38H,20-21H2,1-5H3. The van der Waals surface area contributed by atoms with Gasteiger partial charge in [-0.2, -0.15) is 0 Å². The first-order valence-corrected chi connectivity index (χ1v) is 15.3. The van der Waals surface area contributed by atoms with Gasteiger partial charge < -0.3 is 19.0 Å². The van der Waals surface area contributed by atoms with E-state index >= 15 is 0 Å². The van der Waals surface area contributed by atoms with Gasteiger partial charge in [-0.25, -0.2) is 4.39 Å². The molecule has 0 unspecified atom stereocenters. The summed E-state index contributed by atoms with van der Waals surface area (Å²) in [6, 6.07) is 22.9. The molecule has 1 heterocycles. The van der Waals surface area contributed by atoms with Gasteiger partial charge in [0, 0.05) is 34.5 Å². The van der Waals surface area contributed by atoms with Gasteiger partial charge in [0.1, 0.15) is 40.5 Å². The number of ether oxygens (including phenoxy) is 2. The van der Waals surface area contributed by atoms with Gasteiger partial charge in [0.2, 0.25) is 0 Å². The Hall–Kier alpha value is -3.98. The fourth-order valence-corrected chi connectivity index (χ4v) is 6.50. The molecular weight excluding hydrogens is 553 g/mol. The first-order chi connectivity index (χ1) is 19.9. The van der Waals surface area contributed by atoms with Crippen LogP contribution in [0.25, 0.3) is 16.7 Å². The van der Waals surface area contributed by atoms with Gasteiger partial charge >= 0.3 is 0 Å². The lowest BCUT2D eigenvalue weighted by molar-refractivity contribution is 0.302. The zero-order chi connectivity index (χ0) is 30.1. The van der Waals surface area contributed by atoms with Crippen molar-refractivity contribution in [1.29, 1.82) is 0 Å². The summed E-state index contributed by atoms with van der Waals surface area (Å²) >= 11 is 0. The Morgan fingerprint density at radius 1 is 0.881 bits per heavy atom. The van der Waals surface area contributed by atoms with Gasteiger partial charge in [-0.1, -0.05) is 48.5 Å². The molecule has 8 heteroatoms. The first-order valence-electron chi connectivity index (χ1n) is 13.7. The largest absolute Gasteiger partial charge is 0.496 e. The Kier molecular flexibility index (Phi) is 8.23. The average molecular weight is 590 g/mol. The number of halogens is 1. The molecule has 0 bridgehead atoms. The molecule has 6 nitrogen and oxygen atoms in total. The van der Waals surface area contributed by atoms with Crippen LogP contribution in [0.1, 0.15) is 43.0 Å². The zero-order valence-corrected chi connectivity index (χ0v) is 25.2. The van der Waals surface area contributed by atoms with Crippen molar-refractivity contribution in [3.05, 3.63) is 113 Å². The van der Waals surface area contributed by atoms with Crippen molar-refractivity contribution in [3.63, 3.8) is 0 Å². The Morgan fingerprint density at radius 2 is 1.62 bits per heavy atom. The summed E-state index contributed by atoms with van der Waals surface area (Å²) in [7, 11) is -1.84. The lowest BCUT2D eigenvalue weighted by Gasteiger charge is -2.33. The summed E-state index contributed by atoms with van der Waals surface area (Å²) in [6.07, 6.45) is 2.18. The van der Waals surface area contributed by atoms with Crippen molar-refractivity contribution in [3.8, 4) is 28.4 Å². The van der Waals surface area contributed by atoms with E-state index in [-0.39, 0.29) is 29.5 Å². The smallest absolute Gasteiger partial charge is 0.144 e. The van der Waals surface area contributed by atoms with Crippen LogP contribution in [0.4, 0.5) is 10.1 Å². The molecule has 0 saturated heterocycles. The lowest BCUT2D eigenvalue weighted by atomic mass is 9.85. The third kappa shape index (κ3) is 6.57. The topological polar surface area (TPSA) is 80.2 Å². The zero-order valence-electron chi connectivity index (χ0n) is 24.4. The van der Waals surface area contributed by atoms with Gasteiger partial charge in [0.15, 0.2) is 0 Å². The molecule has 42 heavy (non-hydrogen) atoms. The van der Waals surface area contributed by atoms with E-state index in [0.717, 1.165) is 44.6 Å². The van der Waals surface area contributed by atoms with Crippen LogP contribution in [-0.4, -0.2) is 21.8 Å². The SMILES string of the molecule is COc1cc(OS(O)(O)Cc2ccccc2)ccc1-c1ccc2c(c1COc1cc(F)ccc1C)C(C)=CC(C)(C)N2. The van der Waals surface area contributed by atoms with Gasteiger partial charge in [-0.3, -0.25) is 9.11 Å². The normalized spacial score (nSPS) is 14.3. The highest BCUT2D eigenvalue weighted by atomic mass is 32.3. The molecule has 0 radical (unpaired) electrons. The van der Waals surface area contributed by atoms with Crippen LogP contribution < -0.4 is 19.0 Å². The molecule has 5 rings (SSSR count). The van der Waals surface area contributed by atoms with Gasteiger partial charge in [-0.05, 0) is 74.2 Å². The predicted molar refractivity (Wildman–Crippen MR) is 169 cm³/mol. The fourth-order valence-electron chi connectivity index (χ4n) is 5.40. The molecular formula is C34H36FNO5S. The Balaban J connectivity index is 1.53. The van der Waals surface area contributed by atoms with E-state index < -0.39 is 10.9 Å². The lowest BCUT2D eigenvalue weighted by Crippen LogP contribution is -2.32. The molecule has 1 aliphatic rings. The molecule has 0 atom stereocenters. The number of nitrogens with one attached hydrogen (secondary N) is 1. The quantitative estimate of drug-likeness (QED) is 0.181. The van der Waals surface area contributed by atoms with Crippen molar-refractivity contribution in [1.82, 2.24) is 0 Å². The Bertz CT molecular complexity index is 1630. The number of hydrogen-bond acceptors (Lipinski definition) is 6. The maximum atomic E-state index is 14.1.